The van der Waals surface area contributed by atoms with E-state index in [0.29, 0.717) is 5.92 Å². The first-order valence-corrected chi connectivity index (χ1v) is 9.17. The van der Waals surface area contributed by atoms with Crippen LogP contribution in [-0.2, 0) is 6.42 Å². The standard InChI is InChI=1S/C19H30N6/c1-6-16-11-20-13-18(22-16)24(5)10-9-15(4)17-12-21-14-19(23-17)25(7-2)8-3/h11-15H,6-10H2,1-5H3. The van der Waals surface area contributed by atoms with Gasteiger partial charge in [-0.1, -0.05) is 13.8 Å². The highest BCUT2D eigenvalue weighted by molar-refractivity contribution is 5.37. The van der Waals surface area contributed by atoms with Crippen molar-refractivity contribution in [3.05, 3.63) is 36.2 Å². The van der Waals surface area contributed by atoms with Crippen molar-refractivity contribution in [1.82, 2.24) is 19.9 Å². The summed E-state index contributed by atoms with van der Waals surface area (Å²) < 4.78 is 0. The molecule has 2 aromatic heterocycles. The second-order valence-electron chi connectivity index (χ2n) is 6.31. The van der Waals surface area contributed by atoms with Crippen molar-refractivity contribution in [3.8, 4) is 0 Å². The maximum Gasteiger partial charge on any atom is 0.147 e. The molecule has 1 atom stereocenters. The summed E-state index contributed by atoms with van der Waals surface area (Å²) in [6.45, 7) is 11.4. The van der Waals surface area contributed by atoms with Gasteiger partial charge in [0.15, 0.2) is 0 Å². The molecule has 0 amide bonds. The molecule has 0 spiro atoms. The molecule has 0 N–H and O–H groups in total. The molecule has 0 aliphatic rings. The molecule has 0 aromatic carbocycles. The lowest BCUT2D eigenvalue weighted by Gasteiger charge is -2.22. The molecule has 6 nitrogen and oxygen atoms in total. The van der Waals surface area contributed by atoms with Gasteiger partial charge in [0.05, 0.1) is 23.8 Å². The first-order chi connectivity index (χ1) is 12.1. The number of hydrogen-bond acceptors (Lipinski definition) is 6. The lowest BCUT2D eigenvalue weighted by Crippen LogP contribution is -2.24. The van der Waals surface area contributed by atoms with Crippen LogP contribution in [0, 0.1) is 0 Å². The zero-order valence-electron chi connectivity index (χ0n) is 16.1. The van der Waals surface area contributed by atoms with Gasteiger partial charge in [0.2, 0.25) is 0 Å². The van der Waals surface area contributed by atoms with Gasteiger partial charge >= 0.3 is 0 Å². The van der Waals surface area contributed by atoms with E-state index in [1.165, 1.54) is 0 Å². The Labute approximate surface area is 151 Å². The number of aryl methyl sites for hydroxylation is 1. The van der Waals surface area contributed by atoms with Gasteiger partial charge in [-0.25, -0.2) is 9.97 Å². The fraction of sp³-hybridized carbons (Fsp3) is 0.579. The number of rotatable bonds is 9. The van der Waals surface area contributed by atoms with E-state index in [0.717, 1.165) is 55.5 Å². The van der Waals surface area contributed by atoms with Crippen LogP contribution in [0.3, 0.4) is 0 Å². The molecule has 0 fully saturated rings. The molecular formula is C19H30N6. The van der Waals surface area contributed by atoms with Gasteiger partial charge in [0.25, 0.3) is 0 Å². The Bertz CT molecular complexity index is 656. The first-order valence-electron chi connectivity index (χ1n) is 9.17. The summed E-state index contributed by atoms with van der Waals surface area (Å²) in [5, 5.41) is 0. The van der Waals surface area contributed by atoms with Crippen LogP contribution in [-0.4, -0.2) is 46.6 Å². The monoisotopic (exact) mass is 342 g/mol. The maximum atomic E-state index is 4.81. The highest BCUT2D eigenvalue weighted by atomic mass is 15.2. The van der Waals surface area contributed by atoms with Crippen molar-refractivity contribution in [2.75, 3.05) is 36.5 Å². The third-order valence-electron chi connectivity index (χ3n) is 4.56. The topological polar surface area (TPSA) is 58.0 Å². The SMILES string of the molecule is CCc1cncc(N(C)CCC(C)c2cncc(N(CC)CC)n2)n1. The summed E-state index contributed by atoms with van der Waals surface area (Å²) in [5.41, 5.74) is 2.07. The highest BCUT2D eigenvalue weighted by Crippen LogP contribution is 2.20. The van der Waals surface area contributed by atoms with E-state index < -0.39 is 0 Å². The van der Waals surface area contributed by atoms with E-state index >= 15 is 0 Å². The summed E-state index contributed by atoms with van der Waals surface area (Å²) in [4.78, 5) is 22.5. The summed E-state index contributed by atoms with van der Waals surface area (Å²) in [6.07, 6.45) is 9.28. The quantitative estimate of drug-likeness (QED) is 0.697. The summed E-state index contributed by atoms with van der Waals surface area (Å²) >= 11 is 0. The minimum atomic E-state index is 0.341. The Morgan fingerprint density at radius 2 is 1.60 bits per heavy atom. The van der Waals surface area contributed by atoms with Gasteiger partial charge < -0.3 is 9.80 Å². The van der Waals surface area contributed by atoms with Gasteiger partial charge in [-0.2, -0.15) is 0 Å². The second kappa shape index (κ2) is 9.30. The molecule has 0 saturated heterocycles. The second-order valence-corrected chi connectivity index (χ2v) is 6.31. The molecule has 0 radical (unpaired) electrons. The molecule has 25 heavy (non-hydrogen) atoms. The zero-order chi connectivity index (χ0) is 18.2. The third kappa shape index (κ3) is 5.11. The average molecular weight is 342 g/mol. The number of hydrogen-bond donors (Lipinski definition) is 0. The number of nitrogens with zero attached hydrogens (tertiary/aromatic N) is 6. The van der Waals surface area contributed by atoms with Crippen LogP contribution in [0.1, 0.15) is 51.4 Å². The van der Waals surface area contributed by atoms with Crippen LogP contribution in [0.15, 0.2) is 24.8 Å². The Balaban J connectivity index is 1.99. The smallest absolute Gasteiger partial charge is 0.147 e. The van der Waals surface area contributed by atoms with Crippen LogP contribution in [0.25, 0.3) is 0 Å². The van der Waals surface area contributed by atoms with Crippen molar-refractivity contribution >= 4 is 11.6 Å². The summed E-state index contributed by atoms with van der Waals surface area (Å²) in [6, 6.07) is 0. The van der Waals surface area contributed by atoms with Crippen LogP contribution in [0.5, 0.6) is 0 Å². The first kappa shape index (κ1) is 19.1. The van der Waals surface area contributed by atoms with Crippen LogP contribution in [0.2, 0.25) is 0 Å². The van der Waals surface area contributed by atoms with Gasteiger partial charge in [-0.15, -0.1) is 0 Å². The lowest BCUT2D eigenvalue weighted by atomic mass is 10.0. The van der Waals surface area contributed by atoms with Gasteiger partial charge in [-0.05, 0) is 26.7 Å². The normalized spacial score (nSPS) is 12.0. The summed E-state index contributed by atoms with van der Waals surface area (Å²) in [5.74, 6) is 2.23. The minimum Gasteiger partial charge on any atom is -0.358 e. The average Bonchev–Trinajstić information content (AvgIpc) is 2.67. The van der Waals surface area contributed by atoms with E-state index in [4.69, 9.17) is 4.98 Å². The minimum absolute atomic E-state index is 0.341. The van der Waals surface area contributed by atoms with E-state index in [1.807, 2.05) is 24.8 Å². The number of aromatic nitrogens is 4. The molecule has 6 heteroatoms. The van der Waals surface area contributed by atoms with Crippen LogP contribution >= 0.6 is 0 Å². The van der Waals surface area contributed by atoms with Crippen LogP contribution in [0.4, 0.5) is 11.6 Å². The van der Waals surface area contributed by atoms with Crippen molar-refractivity contribution in [2.45, 2.75) is 46.5 Å². The van der Waals surface area contributed by atoms with Gasteiger partial charge in [0, 0.05) is 45.0 Å². The Kier molecular flexibility index (Phi) is 7.10. The van der Waals surface area contributed by atoms with Crippen molar-refractivity contribution in [3.63, 3.8) is 0 Å². The van der Waals surface area contributed by atoms with E-state index in [2.05, 4.69) is 59.5 Å². The van der Waals surface area contributed by atoms with E-state index in [9.17, 15) is 0 Å². The molecule has 2 rings (SSSR count). The summed E-state index contributed by atoms with van der Waals surface area (Å²) in [7, 11) is 2.06. The third-order valence-corrected chi connectivity index (χ3v) is 4.56. The van der Waals surface area contributed by atoms with Crippen molar-refractivity contribution < 1.29 is 0 Å². The fourth-order valence-electron chi connectivity index (χ4n) is 2.71. The number of anilines is 2. The van der Waals surface area contributed by atoms with Crippen LogP contribution < -0.4 is 9.80 Å². The molecule has 0 saturated carbocycles. The molecular weight excluding hydrogens is 312 g/mol. The Hall–Kier alpha value is -2.24. The maximum absolute atomic E-state index is 4.81. The Morgan fingerprint density at radius 1 is 0.920 bits per heavy atom. The molecule has 2 heterocycles. The lowest BCUT2D eigenvalue weighted by molar-refractivity contribution is 0.645. The zero-order valence-corrected chi connectivity index (χ0v) is 16.1. The van der Waals surface area contributed by atoms with Crippen molar-refractivity contribution in [1.29, 1.82) is 0 Å². The molecule has 2 aromatic rings. The van der Waals surface area contributed by atoms with Gasteiger partial charge in [-0.3, -0.25) is 9.97 Å². The molecule has 1 unspecified atom stereocenters. The largest absolute Gasteiger partial charge is 0.358 e. The van der Waals surface area contributed by atoms with Gasteiger partial charge in [0.1, 0.15) is 11.6 Å². The van der Waals surface area contributed by atoms with E-state index in [1.54, 1.807) is 0 Å². The van der Waals surface area contributed by atoms with E-state index in [-0.39, 0.29) is 0 Å². The van der Waals surface area contributed by atoms with Crippen molar-refractivity contribution in [2.24, 2.45) is 0 Å². The predicted octanol–water partition coefficient (Wildman–Crippen LogP) is 3.31. The Morgan fingerprint density at radius 3 is 2.28 bits per heavy atom. The molecule has 0 aliphatic carbocycles. The fourth-order valence-corrected chi connectivity index (χ4v) is 2.71. The molecule has 0 bridgehead atoms. The highest BCUT2D eigenvalue weighted by Gasteiger charge is 2.13. The predicted molar refractivity (Wildman–Crippen MR) is 103 cm³/mol. The molecule has 136 valence electrons. The molecule has 0 aliphatic heterocycles.